The highest BCUT2D eigenvalue weighted by atomic mass is 19.1. The molecule has 0 atom stereocenters. The first kappa shape index (κ1) is 10.8. The Morgan fingerprint density at radius 3 is 2.67 bits per heavy atom. The van der Waals surface area contributed by atoms with E-state index >= 15 is 0 Å². The maximum Gasteiger partial charge on any atom is 0.128 e. The topological polar surface area (TPSA) is 25.0 Å². The maximum absolute atomic E-state index is 13.0. The highest BCUT2D eigenvalue weighted by Crippen LogP contribution is 2.18. The second-order valence-corrected chi connectivity index (χ2v) is 4.13. The van der Waals surface area contributed by atoms with Gasteiger partial charge in [0.2, 0.25) is 0 Å². The smallest absolute Gasteiger partial charge is 0.128 e. The molecule has 1 N–H and O–H groups in total. The number of nitrogens with one attached hydrogen (secondary N) is 1. The molecule has 0 saturated heterocycles. The van der Waals surface area contributed by atoms with Crippen LogP contribution in [0.1, 0.15) is 5.69 Å². The van der Waals surface area contributed by atoms with Gasteiger partial charge < -0.3 is 9.72 Å². The van der Waals surface area contributed by atoms with E-state index in [2.05, 4.69) is 4.98 Å². The molecule has 2 aromatic carbocycles. The number of hydrogen-bond donors (Lipinski definition) is 1. The average molecular weight is 241 g/mol. The summed E-state index contributed by atoms with van der Waals surface area (Å²) in [6.07, 6.45) is 0. The maximum atomic E-state index is 13.0. The van der Waals surface area contributed by atoms with Gasteiger partial charge in [-0.05, 0) is 41.8 Å². The van der Waals surface area contributed by atoms with Crippen LogP contribution in [0.5, 0.6) is 5.75 Å². The highest BCUT2D eigenvalue weighted by Gasteiger charge is 2.02. The van der Waals surface area contributed by atoms with Crippen molar-refractivity contribution in [3.05, 3.63) is 66.1 Å². The number of halogens is 1. The molecular formula is C15H12FNO. The van der Waals surface area contributed by atoms with Crippen molar-refractivity contribution in [1.82, 2.24) is 4.98 Å². The lowest BCUT2D eigenvalue weighted by Crippen LogP contribution is -1.94. The number of rotatable bonds is 3. The molecule has 3 rings (SSSR count). The quantitative estimate of drug-likeness (QED) is 0.739. The summed E-state index contributed by atoms with van der Waals surface area (Å²) in [6, 6.07) is 16.3. The fourth-order valence-electron chi connectivity index (χ4n) is 1.91. The summed E-state index contributed by atoms with van der Waals surface area (Å²) in [5.41, 5.74) is 1.72. The average Bonchev–Trinajstić information content (AvgIpc) is 2.79. The van der Waals surface area contributed by atoms with Crippen LogP contribution in [0.4, 0.5) is 4.39 Å². The van der Waals surface area contributed by atoms with Crippen molar-refractivity contribution in [2.24, 2.45) is 0 Å². The standard InChI is InChI=1S/C15H12FNO/c16-12-7-6-11-8-13(17-15(11)9-12)10-18-14-4-2-1-3-5-14/h1-9,17H,10H2. The summed E-state index contributed by atoms with van der Waals surface area (Å²) in [5.74, 6) is 0.585. The van der Waals surface area contributed by atoms with E-state index in [1.807, 2.05) is 36.4 Å². The summed E-state index contributed by atoms with van der Waals surface area (Å²) < 4.78 is 18.7. The van der Waals surface area contributed by atoms with Crippen LogP contribution in [0.2, 0.25) is 0 Å². The van der Waals surface area contributed by atoms with Crippen LogP contribution in [0.25, 0.3) is 10.9 Å². The van der Waals surface area contributed by atoms with Crippen molar-refractivity contribution in [3.63, 3.8) is 0 Å². The number of aromatic nitrogens is 1. The highest BCUT2D eigenvalue weighted by molar-refractivity contribution is 5.80. The third-order valence-electron chi connectivity index (χ3n) is 2.78. The first-order valence-corrected chi connectivity index (χ1v) is 5.76. The predicted octanol–water partition coefficient (Wildman–Crippen LogP) is 3.89. The molecule has 0 amide bonds. The Morgan fingerprint density at radius 1 is 1.00 bits per heavy atom. The number of para-hydroxylation sites is 1. The van der Waals surface area contributed by atoms with Crippen molar-refractivity contribution >= 4 is 10.9 Å². The van der Waals surface area contributed by atoms with Crippen LogP contribution in [-0.4, -0.2) is 4.98 Å². The van der Waals surface area contributed by atoms with E-state index in [-0.39, 0.29) is 5.82 Å². The first-order chi connectivity index (χ1) is 8.81. The van der Waals surface area contributed by atoms with Gasteiger partial charge in [-0.15, -0.1) is 0 Å². The molecule has 1 aromatic heterocycles. The van der Waals surface area contributed by atoms with E-state index in [0.717, 1.165) is 22.3 Å². The van der Waals surface area contributed by atoms with Crippen molar-refractivity contribution in [2.45, 2.75) is 6.61 Å². The fraction of sp³-hybridized carbons (Fsp3) is 0.0667. The lowest BCUT2D eigenvalue weighted by atomic mass is 10.2. The number of fused-ring (bicyclic) bond motifs is 1. The van der Waals surface area contributed by atoms with E-state index in [1.54, 1.807) is 6.07 Å². The van der Waals surface area contributed by atoms with Gasteiger partial charge in [-0.1, -0.05) is 18.2 Å². The minimum Gasteiger partial charge on any atom is -0.487 e. The predicted molar refractivity (Wildman–Crippen MR) is 69.0 cm³/mol. The van der Waals surface area contributed by atoms with Crippen LogP contribution in [-0.2, 0) is 6.61 Å². The first-order valence-electron chi connectivity index (χ1n) is 5.76. The third kappa shape index (κ3) is 2.20. The van der Waals surface area contributed by atoms with Gasteiger partial charge in [-0.2, -0.15) is 0 Å². The van der Waals surface area contributed by atoms with Gasteiger partial charge >= 0.3 is 0 Å². The van der Waals surface area contributed by atoms with Gasteiger partial charge in [0.1, 0.15) is 18.2 Å². The fourth-order valence-corrected chi connectivity index (χ4v) is 1.91. The summed E-state index contributed by atoms with van der Waals surface area (Å²) in [5, 5.41) is 0.989. The zero-order valence-corrected chi connectivity index (χ0v) is 9.69. The van der Waals surface area contributed by atoms with Crippen LogP contribution in [0.15, 0.2) is 54.6 Å². The molecule has 90 valence electrons. The Bertz CT molecular complexity index is 661. The number of ether oxygens (including phenoxy) is 1. The van der Waals surface area contributed by atoms with E-state index in [4.69, 9.17) is 4.74 Å². The molecule has 2 nitrogen and oxygen atoms in total. The molecule has 18 heavy (non-hydrogen) atoms. The molecule has 0 aliphatic carbocycles. The Kier molecular flexibility index (Phi) is 2.73. The molecule has 0 spiro atoms. The monoisotopic (exact) mass is 241 g/mol. The third-order valence-corrected chi connectivity index (χ3v) is 2.78. The van der Waals surface area contributed by atoms with E-state index in [0.29, 0.717) is 6.61 Å². The largest absolute Gasteiger partial charge is 0.487 e. The number of aromatic amines is 1. The van der Waals surface area contributed by atoms with Gasteiger partial charge in [0.05, 0.1) is 5.69 Å². The minimum absolute atomic E-state index is 0.236. The summed E-state index contributed by atoms with van der Waals surface area (Å²) in [7, 11) is 0. The molecule has 0 fully saturated rings. The molecule has 0 saturated carbocycles. The number of benzene rings is 2. The normalized spacial score (nSPS) is 10.7. The van der Waals surface area contributed by atoms with E-state index in [1.165, 1.54) is 12.1 Å². The Hall–Kier alpha value is -2.29. The molecule has 0 bridgehead atoms. The van der Waals surface area contributed by atoms with Gasteiger partial charge in [0.25, 0.3) is 0 Å². The van der Waals surface area contributed by atoms with Crippen molar-refractivity contribution < 1.29 is 9.13 Å². The number of H-pyrrole nitrogens is 1. The van der Waals surface area contributed by atoms with Crippen molar-refractivity contribution in [2.75, 3.05) is 0 Å². The molecule has 0 radical (unpaired) electrons. The SMILES string of the molecule is Fc1ccc2cc(COc3ccccc3)[nH]c2c1. The van der Waals surface area contributed by atoms with Gasteiger partial charge in [-0.25, -0.2) is 4.39 Å². The Labute approximate surface area is 104 Å². The summed E-state index contributed by atoms with van der Waals surface area (Å²) in [4.78, 5) is 3.14. The zero-order valence-electron chi connectivity index (χ0n) is 9.69. The van der Waals surface area contributed by atoms with Gasteiger partial charge in [0.15, 0.2) is 0 Å². The molecule has 0 aliphatic heterocycles. The second-order valence-electron chi connectivity index (χ2n) is 4.13. The zero-order chi connectivity index (χ0) is 12.4. The lowest BCUT2D eigenvalue weighted by molar-refractivity contribution is 0.302. The van der Waals surface area contributed by atoms with Gasteiger partial charge in [-0.3, -0.25) is 0 Å². The van der Waals surface area contributed by atoms with Crippen molar-refractivity contribution in [3.8, 4) is 5.75 Å². The van der Waals surface area contributed by atoms with Crippen LogP contribution >= 0.6 is 0 Å². The van der Waals surface area contributed by atoms with Crippen LogP contribution in [0.3, 0.4) is 0 Å². The molecule has 3 heteroatoms. The lowest BCUT2D eigenvalue weighted by Gasteiger charge is -2.03. The molecule has 0 aliphatic rings. The Morgan fingerprint density at radius 2 is 1.83 bits per heavy atom. The van der Waals surface area contributed by atoms with Crippen LogP contribution < -0.4 is 4.74 Å². The minimum atomic E-state index is -0.236. The molecule has 1 heterocycles. The van der Waals surface area contributed by atoms with E-state index < -0.39 is 0 Å². The molecular weight excluding hydrogens is 229 g/mol. The summed E-state index contributed by atoms with van der Waals surface area (Å²) in [6.45, 7) is 0.445. The summed E-state index contributed by atoms with van der Waals surface area (Å²) >= 11 is 0. The molecule has 3 aromatic rings. The van der Waals surface area contributed by atoms with E-state index in [9.17, 15) is 4.39 Å². The van der Waals surface area contributed by atoms with Crippen molar-refractivity contribution in [1.29, 1.82) is 0 Å². The number of hydrogen-bond acceptors (Lipinski definition) is 1. The second kappa shape index (κ2) is 4.53. The molecule has 0 unspecified atom stereocenters. The van der Waals surface area contributed by atoms with Gasteiger partial charge in [0, 0.05) is 5.52 Å². The Balaban J connectivity index is 1.79. The van der Waals surface area contributed by atoms with Crippen LogP contribution in [0, 0.1) is 5.82 Å².